The fourth-order valence-electron chi connectivity index (χ4n) is 22.9. The van der Waals surface area contributed by atoms with E-state index in [0.717, 1.165) is 219 Å². The van der Waals surface area contributed by atoms with Crippen LogP contribution in [0.3, 0.4) is 0 Å². The Labute approximate surface area is 829 Å². The SMILES string of the molecule is CCCCCCC1c2cc3c4c5c2OCOc2c1cc1c6c2OCc2cccc(c2)OCc2cccc(c2-c2cc(cc([Si](c7ccccc7)(c7ccccc7)c7ccccc7)c2)-c2c7cccc2COc2cccc(c2)COc2c8c(cc(c2OCO6)C1CCCCCC)C(CCCCCC)c1cc(c(c(c1OCO8)OCc1cccc(c1)OC7)OCO4)C3CCCCCC)COc1cccc(c1)CO5. The van der Waals surface area contributed by atoms with Gasteiger partial charge < -0.3 is 75.8 Å². The monoisotopic (exact) mass is 1900 g/mol. The summed E-state index contributed by atoms with van der Waals surface area (Å²) in [5.74, 6) is 6.90. The first-order valence-electron chi connectivity index (χ1n) is 51.5. The van der Waals surface area contributed by atoms with Crippen LogP contribution in [-0.2, 0) is 52.9 Å². The molecule has 12 aliphatic rings. The largest absolute Gasteiger partial charge is 0.489 e. The molecular formula is C124H124O16Si. The number of hydrogen-bond acceptors (Lipinski definition) is 16. The second-order valence-corrected chi connectivity index (χ2v) is 42.7. The van der Waals surface area contributed by atoms with E-state index in [0.29, 0.717) is 118 Å². The highest BCUT2D eigenvalue weighted by molar-refractivity contribution is 7.20. The van der Waals surface area contributed by atoms with E-state index >= 15 is 0 Å². The summed E-state index contributed by atoms with van der Waals surface area (Å²) in [4.78, 5) is 0. The molecule has 0 atom stereocenters. The highest BCUT2D eigenvalue weighted by Gasteiger charge is 2.46. The zero-order valence-electron chi connectivity index (χ0n) is 81.4. The van der Waals surface area contributed by atoms with Gasteiger partial charge in [-0.3, -0.25) is 0 Å². The van der Waals surface area contributed by atoms with Crippen LogP contribution in [0.1, 0.15) is 269 Å². The molecule has 26 rings (SSSR count). The second-order valence-electron chi connectivity index (χ2n) is 38.9. The normalized spacial score (nSPS) is 16.7. The van der Waals surface area contributed by atoms with Crippen LogP contribution >= 0.6 is 0 Å². The average molecular weight is 1900 g/mol. The molecule has 16 nitrogen and oxygen atoms in total. The maximum atomic E-state index is 7.82. The second kappa shape index (κ2) is 42.3. The summed E-state index contributed by atoms with van der Waals surface area (Å²) in [7, 11) is -3.45. The van der Waals surface area contributed by atoms with Crippen LogP contribution in [-0.4, -0.2) is 35.2 Å². The lowest BCUT2D eigenvalue weighted by molar-refractivity contribution is 0.0810. The van der Waals surface area contributed by atoms with Crippen molar-refractivity contribution in [2.75, 3.05) is 27.2 Å². The third-order valence-corrected chi connectivity index (χ3v) is 34.5. The van der Waals surface area contributed by atoms with Gasteiger partial charge in [-0.1, -0.05) is 318 Å². The van der Waals surface area contributed by atoms with Crippen molar-refractivity contribution < 1.29 is 75.8 Å². The zero-order valence-corrected chi connectivity index (χ0v) is 82.4. The number of hydrogen-bond donors (Lipinski definition) is 0. The molecule has 14 aromatic carbocycles. The molecule has 0 aromatic heterocycles. The Kier molecular flexibility index (Phi) is 27.6. The molecule has 14 aromatic rings. The minimum Gasteiger partial charge on any atom is -0.489 e. The summed E-state index contributed by atoms with van der Waals surface area (Å²) in [6.45, 7) is 9.12. The van der Waals surface area contributed by atoms with Gasteiger partial charge in [0.1, 0.15) is 75.9 Å². The van der Waals surface area contributed by atoms with Crippen molar-refractivity contribution in [2.45, 2.75) is 233 Å². The van der Waals surface area contributed by atoms with Crippen LogP contribution in [0.4, 0.5) is 0 Å². The molecule has 36 bridgehead atoms. The maximum absolute atomic E-state index is 7.82. The van der Waals surface area contributed by atoms with Crippen LogP contribution in [0, 0.1) is 0 Å². The van der Waals surface area contributed by atoms with E-state index in [1.54, 1.807) is 0 Å². The molecule has 0 unspecified atom stereocenters. The quantitative estimate of drug-likeness (QED) is 0.0321. The lowest BCUT2D eigenvalue weighted by Crippen LogP contribution is -2.74. The Hall–Kier alpha value is -13.9. The van der Waals surface area contributed by atoms with E-state index in [1.807, 2.05) is 24.3 Å². The fourth-order valence-corrected chi connectivity index (χ4v) is 27.8. The number of benzene rings is 14. The summed E-state index contributed by atoms with van der Waals surface area (Å²) in [6, 6.07) is 97.0. The molecule has 12 heterocycles. The van der Waals surface area contributed by atoms with Crippen LogP contribution < -0.4 is 96.5 Å². The van der Waals surface area contributed by atoms with Gasteiger partial charge in [0.25, 0.3) is 0 Å². The van der Waals surface area contributed by atoms with Crippen LogP contribution in [0.15, 0.2) is 267 Å². The summed E-state index contributed by atoms with van der Waals surface area (Å²) in [5.41, 5.74) is 18.6. The molecule has 0 spiro atoms. The van der Waals surface area contributed by atoms with Gasteiger partial charge in [0, 0.05) is 68.2 Å². The highest BCUT2D eigenvalue weighted by Crippen LogP contribution is 2.64. The van der Waals surface area contributed by atoms with E-state index in [9.17, 15) is 0 Å². The Bertz CT molecular complexity index is 6000. The molecule has 0 saturated carbocycles. The molecule has 0 radical (unpaired) electrons. The molecule has 141 heavy (non-hydrogen) atoms. The van der Waals surface area contributed by atoms with Gasteiger partial charge in [0.05, 0.1) is 0 Å². The molecule has 17 heteroatoms. The van der Waals surface area contributed by atoms with Crippen molar-refractivity contribution in [1.29, 1.82) is 0 Å². The van der Waals surface area contributed by atoms with Crippen LogP contribution in [0.5, 0.6) is 92.0 Å². The van der Waals surface area contributed by atoms with Crippen LogP contribution in [0.25, 0.3) is 22.3 Å². The first-order chi connectivity index (χ1) is 69.7. The first-order valence-corrected chi connectivity index (χ1v) is 53.5. The summed E-state index contributed by atoms with van der Waals surface area (Å²) in [6.07, 6.45) is 18.5. The van der Waals surface area contributed by atoms with Crippen molar-refractivity contribution in [1.82, 2.24) is 0 Å². The van der Waals surface area contributed by atoms with E-state index in [2.05, 4.69) is 270 Å². The molecule has 720 valence electrons. The molecule has 0 amide bonds. The van der Waals surface area contributed by atoms with Gasteiger partial charge in [-0.2, -0.15) is 0 Å². The van der Waals surface area contributed by atoms with E-state index < -0.39 is 31.7 Å². The minimum absolute atomic E-state index is 0.0870. The Morgan fingerprint density at radius 1 is 0.199 bits per heavy atom. The van der Waals surface area contributed by atoms with Gasteiger partial charge in [0.15, 0.2) is 54.1 Å². The Morgan fingerprint density at radius 2 is 0.440 bits per heavy atom. The minimum atomic E-state index is -3.45. The summed E-state index contributed by atoms with van der Waals surface area (Å²) >= 11 is 0. The highest BCUT2D eigenvalue weighted by atomic mass is 28.3. The number of fused-ring (bicyclic) bond motifs is 8. The van der Waals surface area contributed by atoms with Crippen molar-refractivity contribution in [3.63, 3.8) is 0 Å². The Morgan fingerprint density at radius 3 is 0.681 bits per heavy atom. The number of rotatable bonds is 24. The van der Waals surface area contributed by atoms with E-state index in [4.69, 9.17) is 75.8 Å². The molecule has 12 aliphatic heterocycles. The van der Waals surface area contributed by atoms with Gasteiger partial charge in [-0.15, -0.1) is 0 Å². The predicted octanol–water partition coefficient (Wildman–Crippen LogP) is 27.6. The lowest BCUT2D eigenvalue weighted by Gasteiger charge is -2.37. The van der Waals surface area contributed by atoms with Gasteiger partial charge in [0.2, 0.25) is 50.2 Å². The van der Waals surface area contributed by atoms with Crippen molar-refractivity contribution in [3.05, 3.63) is 356 Å². The molecular weight excluding hydrogens is 1770 g/mol. The van der Waals surface area contributed by atoms with E-state index in [-0.39, 0.29) is 80.0 Å². The maximum Gasteiger partial charge on any atom is 0.231 e. The van der Waals surface area contributed by atoms with E-state index in [1.165, 1.54) is 15.6 Å². The molecule has 0 fully saturated rings. The number of unbranched alkanes of at least 4 members (excludes halogenated alkanes) is 12. The predicted molar refractivity (Wildman–Crippen MR) is 554 cm³/mol. The third-order valence-electron chi connectivity index (χ3n) is 29.7. The summed E-state index contributed by atoms with van der Waals surface area (Å²) < 4.78 is 121. The van der Waals surface area contributed by atoms with Gasteiger partial charge >= 0.3 is 0 Å². The third kappa shape index (κ3) is 18.7. The standard InChI is InChI=1S/C124H124O16Si/c1-5-9-13-26-54-99-103-65-107-101(56-28-15-11-7-3)109-67-105-100(55-27-14-10-6-2)106-68-110-102(57-29-16-12-8-4)108-66-104(99)114-122-118(108)138-80-140-120(110)124-116(106)136-78-135-115(105)123-119(109)139-79-137-117(107)121(113(103)133-77-134-114)129-69-81-36-30-44-91(58-81)125-73-85-40-34-41-86(74-126-92-45-31-37-82(59-92)70-130-122)111(85)89-62-90(64-98(63-89)141(95-48-20-17-21-49-95,96-50-22-18-23-51-96)97-52-24-19-25-53-97)112-87(75-127-93-46-32-38-83(60-93)71-131-123)42-35-43-88(112)76-128-94-47-33-39-84(61-94)72-132-124/h17-25,30-53,58-68,99-102H,5-16,26-29,54-57,69-80H2,1-4H3. The van der Waals surface area contributed by atoms with Crippen molar-refractivity contribution >= 4 is 28.8 Å². The van der Waals surface area contributed by atoms with Crippen LogP contribution in [0.2, 0.25) is 0 Å². The van der Waals surface area contributed by atoms with Gasteiger partial charge in [-0.25, -0.2) is 0 Å². The average Bonchev–Trinajstić information content (AvgIpc) is 0.710. The molecule has 0 aliphatic carbocycles. The molecule has 0 N–H and O–H groups in total. The number of ether oxygens (including phenoxy) is 16. The summed E-state index contributed by atoms with van der Waals surface area (Å²) in [5, 5.41) is 4.80. The smallest absolute Gasteiger partial charge is 0.231 e. The zero-order chi connectivity index (χ0) is 95.0. The molecule has 0 saturated heterocycles. The van der Waals surface area contributed by atoms with Crippen molar-refractivity contribution in [2.24, 2.45) is 0 Å². The topological polar surface area (TPSA) is 148 Å². The lowest BCUT2D eigenvalue weighted by atomic mass is 9.75. The fraction of sp³-hybridized carbons (Fsp3) is 0.323. The first kappa shape index (κ1) is 92.1. The van der Waals surface area contributed by atoms with Crippen molar-refractivity contribution in [3.8, 4) is 114 Å². The Balaban J connectivity index is 0.892. The van der Waals surface area contributed by atoms with Gasteiger partial charge in [-0.05, 0) is 192 Å².